The molecule has 0 spiro atoms. The summed E-state index contributed by atoms with van der Waals surface area (Å²) in [6.07, 6.45) is -0.818. The van der Waals surface area contributed by atoms with Crippen LogP contribution in [-0.4, -0.2) is 26.3 Å². The third-order valence-electron chi connectivity index (χ3n) is 2.98. The minimum atomic E-state index is -1.24. The average Bonchev–Trinajstić information content (AvgIpc) is 2.41. The van der Waals surface area contributed by atoms with Crippen LogP contribution in [0.15, 0.2) is 12.1 Å². The Kier molecular flexibility index (Phi) is 4.06. The smallest absolute Gasteiger partial charge is 0.340 e. The van der Waals surface area contributed by atoms with Gasteiger partial charge in [0, 0.05) is 11.0 Å². The standard InChI is InChI=1S/C14H16F2O4/c1-14(2)6-19-13(20-7-14)8-4-9(12(17)18-3)11(16)10(15)5-8/h4-5,13H,6-7H2,1-3H3. The molecule has 0 N–H and O–H groups in total. The Bertz CT molecular complexity index is 518. The maximum atomic E-state index is 13.6. The minimum absolute atomic E-state index is 0.139. The van der Waals surface area contributed by atoms with Crippen molar-refractivity contribution in [3.63, 3.8) is 0 Å². The second-order valence-corrected chi connectivity index (χ2v) is 5.47. The van der Waals surface area contributed by atoms with Gasteiger partial charge in [-0.3, -0.25) is 0 Å². The Balaban J connectivity index is 2.29. The number of hydrogen-bond donors (Lipinski definition) is 0. The normalized spacial score (nSPS) is 18.9. The first-order chi connectivity index (χ1) is 9.34. The van der Waals surface area contributed by atoms with Crippen LogP contribution in [0.25, 0.3) is 0 Å². The van der Waals surface area contributed by atoms with Gasteiger partial charge in [0.05, 0.1) is 25.9 Å². The van der Waals surface area contributed by atoms with Crippen molar-refractivity contribution in [1.29, 1.82) is 0 Å². The third kappa shape index (κ3) is 2.96. The van der Waals surface area contributed by atoms with Gasteiger partial charge in [-0.1, -0.05) is 13.8 Å². The van der Waals surface area contributed by atoms with E-state index in [4.69, 9.17) is 9.47 Å². The van der Waals surface area contributed by atoms with Crippen LogP contribution in [-0.2, 0) is 14.2 Å². The van der Waals surface area contributed by atoms with E-state index in [1.54, 1.807) is 0 Å². The highest BCUT2D eigenvalue weighted by Gasteiger charge is 2.30. The van der Waals surface area contributed by atoms with E-state index in [0.29, 0.717) is 13.2 Å². The fourth-order valence-electron chi connectivity index (χ4n) is 1.89. The van der Waals surface area contributed by atoms with E-state index in [1.165, 1.54) is 6.07 Å². The molecule has 20 heavy (non-hydrogen) atoms. The van der Waals surface area contributed by atoms with E-state index < -0.39 is 29.5 Å². The van der Waals surface area contributed by atoms with Gasteiger partial charge in [0.2, 0.25) is 0 Å². The first-order valence-electron chi connectivity index (χ1n) is 6.14. The number of ether oxygens (including phenoxy) is 3. The van der Waals surface area contributed by atoms with E-state index in [2.05, 4.69) is 4.74 Å². The summed E-state index contributed by atoms with van der Waals surface area (Å²) in [6, 6.07) is 2.15. The van der Waals surface area contributed by atoms with Gasteiger partial charge in [0.15, 0.2) is 17.9 Å². The van der Waals surface area contributed by atoms with Crippen LogP contribution in [0.5, 0.6) is 0 Å². The molecule has 2 rings (SSSR count). The highest BCUT2D eigenvalue weighted by atomic mass is 19.2. The lowest BCUT2D eigenvalue weighted by atomic mass is 9.95. The second-order valence-electron chi connectivity index (χ2n) is 5.47. The molecule has 1 aromatic rings. The summed E-state index contributed by atoms with van der Waals surface area (Å²) < 4.78 is 42.5. The van der Waals surface area contributed by atoms with Crippen molar-refractivity contribution in [3.8, 4) is 0 Å². The maximum Gasteiger partial charge on any atom is 0.340 e. The number of carbonyl (C=O) groups is 1. The molecule has 1 fully saturated rings. The average molecular weight is 286 g/mol. The molecule has 0 unspecified atom stereocenters. The molecule has 0 bridgehead atoms. The van der Waals surface area contributed by atoms with Gasteiger partial charge in [0.1, 0.15) is 0 Å². The summed E-state index contributed by atoms with van der Waals surface area (Å²) in [7, 11) is 1.10. The van der Waals surface area contributed by atoms with Gasteiger partial charge >= 0.3 is 5.97 Å². The Morgan fingerprint density at radius 2 is 1.90 bits per heavy atom. The summed E-state index contributed by atoms with van der Waals surface area (Å²) in [5.41, 5.74) is -0.361. The molecule has 0 aromatic heterocycles. The van der Waals surface area contributed by atoms with Crippen LogP contribution in [0.2, 0.25) is 0 Å². The molecular formula is C14H16F2O4. The van der Waals surface area contributed by atoms with Gasteiger partial charge in [-0.15, -0.1) is 0 Å². The predicted octanol–water partition coefficient (Wildman–Crippen LogP) is 2.82. The first-order valence-corrected chi connectivity index (χ1v) is 6.14. The fourth-order valence-corrected chi connectivity index (χ4v) is 1.89. The molecule has 0 amide bonds. The van der Waals surface area contributed by atoms with Crippen LogP contribution < -0.4 is 0 Å². The Labute approximate surface area is 115 Å². The van der Waals surface area contributed by atoms with Crippen molar-refractivity contribution >= 4 is 5.97 Å². The predicted molar refractivity (Wildman–Crippen MR) is 66.1 cm³/mol. The molecule has 1 heterocycles. The number of carbonyl (C=O) groups excluding carboxylic acids is 1. The molecule has 0 saturated carbocycles. The summed E-state index contributed by atoms with van der Waals surface area (Å²) in [5.74, 6) is -3.32. The van der Waals surface area contributed by atoms with Crippen molar-refractivity contribution in [2.45, 2.75) is 20.1 Å². The number of benzene rings is 1. The van der Waals surface area contributed by atoms with Crippen LogP contribution in [0.4, 0.5) is 8.78 Å². The lowest BCUT2D eigenvalue weighted by Crippen LogP contribution is -2.33. The topological polar surface area (TPSA) is 44.8 Å². The van der Waals surface area contributed by atoms with Gasteiger partial charge in [-0.05, 0) is 12.1 Å². The van der Waals surface area contributed by atoms with Gasteiger partial charge in [-0.25, -0.2) is 13.6 Å². The molecule has 1 saturated heterocycles. The zero-order valence-corrected chi connectivity index (χ0v) is 11.5. The number of halogens is 2. The van der Waals surface area contributed by atoms with Crippen molar-refractivity contribution in [1.82, 2.24) is 0 Å². The van der Waals surface area contributed by atoms with Gasteiger partial charge in [-0.2, -0.15) is 0 Å². The largest absolute Gasteiger partial charge is 0.465 e. The lowest BCUT2D eigenvalue weighted by Gasteiger charge is -2.34. The SMILES string of the molecule is COC(=O)c1cc(C2OCC(C)(C)CO2)cc(F)c1F. The van der Waals surface area contributed by atoms with Crippen molar-refractivity contribution in [3.05, 3.63) is 34.9 Å². The molecule has 4 nitrogen and oxygen atoms in total. The van der Waals surface area contributed by atoms with Gasteiger partial charge < -0.3 is 14.2 Å². The monoisotopic (exact) mass is 286 g/mol. The van der Waals surface area contributed by atoms with E-state index in [1.807, 2.05) is 13.8 Å². The van der Waals surface area contributed by atoms with Crippen LogP contribution in [0.1, 0.15) is 36.1 Å². The Morgan fingerprint density at radius 3 is 2.45 bits per heavy atom. The molecule has 1 aliphatic rings. The highest BCUT2D eigenvalue weighted by Crippen LogP contribution is 2.32. The molecule has 0 atom stereocenters. The van der Waals surface area contributed by atoms with E-state index >= 15 is 0 Å². The number of esters is 1. The van der Waals surface area contributed by atoms with Crippen LogP contribution >= 0.6 is 0 Å². The second kappa shape index (κ2) is 5.46. The molecule has 6 heteroatoms. The highest BCUT2D eigenvalue weighted by molar-refractivity contribution is 5.89. The maximum absolute atomic E-state index is 13.6. The quantitative estimate of drug-likeness (QED) is 0.784. The Hall–Kier alpha value is -1.53. The molecular weight excluding hydrogens is 270 g/mol. The van der Waals surface area contributed by atoms with E-state index in [-0.39, 0.29) is 11.0 Å². The molecule has 0 aliphatic carbocycles. The summed E-state index contributed by atoms with van der Waals surface area (Å²) in [6.45, 7) is 4.77. The van der Waals surface area contributed by atoms with Crippen LogP contribution in [0, 0.1) is 17.0 Å². The van der Waals surface area contributed by atoms with Crippen molar-refractivity contribution in [2.75, 3.05) is 20.3 Å². The summed E-state index contributed by atoms with van der Waals surface area (Å²) >= 11 is 0. The molecule has 110 valence electrons. The molecule has 1 aliphatic heterocycles. The summed E-state index contributed by atoms with van der Waals surface area (Å²) in [4.78, 5) is 11.4. The Morgan fingerprint density at radius 1 is 1.30 bits per heavy atom. The molecule has 0 radical (unpaired) electrons. The lowest BCUT2D eigenvalue weighted by molar-refractivity contribution is -0.226. The van der Waals surface area contributed by atoms with Crippen molar-refractivity contribution < 1.29 is 27.8 Å². The number of rotatable bonds is 2. The molecule has 1 aromatic carbocycles. The summed E-state index contributed by atoms with van der Waals surface area (Å²) in [5, 5.41) is 0. The number of methoxy groups -OCH3 is 1. The zero-order valence-electron chi connectivity index (χ0n) is 11.5. The van der Waals surface area contributed by atoms with E-state index in [0.717, 1.165) is 13.2 Å². The number of hydrogen-bond acceptors (Lipinski definition) is 4. The van der Waals surface area contributed by atoms with Crippen LogP contribution in [0.3, 0.4) is 0 Å². The van der Waals surface area contributed by atoms with Crippen molar-refractivity contribution in [2.24, 2.45) is 5.41 Å². The first kappa shape index (κ1) is 14.9. The van der Waals surface area contributed by atoms with E-state index in [9.17, 15) is 13.6 Å². The minimum Gasteiger partial charge on any atom is -0.465 e. The zero-order chi connectivity index (χ0) is 14.9. The third-order valence-corrected chi connectivity index (χ3v) is 2.98. The fraction of sp³-hybridized carbons (Fsp3) is 0.500. The van der Waals surface area contributed by atoms with Gasteiger partial charge in [0.25, 0.3) is 0 Å².